The molecule has 1 aliphatic carbocycles. The number of amides is 3. The SMILES string of the molecule is CC(Cl)C(=O)NC(=O)NCC1CC1C. The number of rotatable bonds is 3. The molecule has 5 heteroatoms. The zero-order chi connectivity index (χ0) is 10.7. The topological polar surface area (TPSA) is 58.2 Å². The minimum atomic E-state index is -0.680. The van der Waals surface area contributed by atoms with Gasteiger partial charge in [0.05, 0.1) is 0 Å². The van der Waals surface area contributed by atoms with Crippen molar-refractivity contribution in [2.24, 2.45) is 11.8 Å². The van der Waals surface area contributed by atoms with Crippen LogP contribution < -0.4 is 10.6 Å². The number of urea groups is 1. The molecule has 1 saturated carbocycles. The molecule has 1 fully saturated rings. The quantitative estimate of drug-likeness (QED) is 0.697. The zero-order valence-electron chi connectivity index (χ0n) is 8.34. The largest absolute Gasteiger partial charge is 0.338 e. The van der Waals surface area contributed by atoms with Crippen molar-refractivity contribution in [1.29, 1.82) is 0 Å². The number of halogens is 1. The summed E-state index contributed by atoms with van der Waals surface area (Å²) in [4.78, 5) is 22.1. The third-order valence-corrected chi connectivity index (χ3v) is 2.60. The summed E-state index contributed by atoms with van der Waals surface area (Å²) in [6, 6.07) is -0.457. The highest BCUT2D eigenvalue weighted by Gasteiger charge is 2.32. The van der Waals surface area contributed by atoms with E-state index in [1.807, 2.05) is 0 Å². The average molecular weight is 219 g/mol. The van der Waals surface area contributed by atoms with Gasteiger partial charge in [-0.15, -0.1) is 11.6 Å². The van der Waals surface area contributed by atoms with Crippen molar-refractivity contribution in [2.75, 3.05) is 6.54 Å². The van der Waals surface area contributed by atoms with Crippen LogP contribution >= 0.6 is 11.6 Å². The Morgan fingerprint density at radius 3 is 2.57 bits per heavy atom. The van der Waals surface area contributed by atoms with Crippen LogP contribution in [0.5, 0.6) is 0 Å². The lowest BCUT2D eigenvalue weighted by molar-refractivity contribution is -0.119. The minimum Gasteiger partial charge on any atom is -0.338 e. The van der Waals surface area contributed by atoms with Crippen LogP contribution in [0.3, 0.4) is 0 Å². The van der Waals surface area contributed by atoms with E-state index in [0.29, 0.717) is 18.4 Å². The molecule has 0 aromatic carbocycles. The fraction of sp³-hybridized carbons (Fsp3) is 0.778. The second-order valence-electron chi connectivity index (χ2n) is 3.79. The molecule has 0 spiro atoms. The van der Waals surface area contributed by atoms with Crippen molar-refractivity contribution in [3.05, 3.63) is 0 Å². The van der Waals surface area contributed by atoms with Crippen molar-refractivity contribution in [1.82, 2.24) is 10.6 Å². The first kappa shape index (κ1) is 11.3. The lowest BCUT2D eigenvalue weighted by Crippen LogP contribution is -2.42. The summed E-state index contributed by atoms with van der Waals surface area (Å²) < 4.78 is 0. The molecule has 0 heterocycles. The van der Waals surface area contributed by atoms with E-state index in [2.05, 4.69) is 17.6 Å². The Morgan fingerprint density at radius 2 is 2.14 bits per heavy atom. The van der Waals surface area contributed by atoms with Gasteiger partial charge in [0.25, 0.3) is 0 Å². The maximum atomic E-state index is 11.1. The van der Waals surface area contributed by atoms with Gasteiger partial charge in [0, 0.05) is 6.54 Å². The lowest BCUT2D eigenvalue weighted by Gasteiger charge is -2.06. The first-order valence-electron chi connectivity index (χ1n) is 4.73. The highest BCUT2D eigenvalue weighted by Crippen LogP contribution is 2.36. The van der Waals surface area contributed by atoms with Crippen LogP contribution in [-0.4, -0.2) is 23.9 Å². The molecule has 4 nitrogen and oxygen atoms in total. The number of nitrogens with one attached hydrogen (secondary N) is 2. The van der Waals surface area contributed by atoms with E-state index < -0.39 is 17.3 Å². The highest BCUT2D eigenvalue weighted by molar-refractivity contribution is 6.31. The summed E-state index contributed by atoms with van der Waals surface area (Å²) >= 11 is 5.48. The number of hydrogen-bond donors (Lipinski definition) is 2. The normalized spacial score (nSPS) is 26.5. The number of imide groups is 1. The smallest absolute Gasteiger partial charge is 0.321 e. The van der Waals surface area contributed by atoms with Gasteiger partial charge in [-0.3, -0.25) is 10.1 Å². The third kappa shape index (κ3) is 3.54. The Morgan fingerprint density at radius 1 is 1.57 bits per heavy atom. The van der Waals surface area contributed by atoms with Gasteiger partial charge in [0.15, 0.2) is 0 Å². The number of alkyl halides is 1. The number of hydrogen-bond acceptors (Lipinski definition) is 2. The van der Waals surface area contributed by atoms with Crippen LogP contribution in [0.4, 0.5) is 4.79 Å². The molecule has 3 unspecified atom stereocenters. The molecule has 3 atom stereocenters. The molecule has 0 saturated heterocycles. The molecule has 1 aliphatic rings. The summed E-state index contributed by atoms with van der Waals surface area (Å²) in [5, 5.41) is 4.11. The summed E-state index contributed by atoms with van der Waals surface area (Å²) in [7, 11) is 0. The van der Waals surface area contributed by atoms with E-state index in [4.69, 9.17) is 11.6 Å². The molecule has 2 N–H and O–H groups in total. The Hall–Kier alpha value is -0.770. The van der Waals surface area contributed by atoms with Gasteiger partial charge in [-0.25, -0.2) is 4.79 Å². The van der Waals surface area contributed by atoms with Crippen molar-refractivity contribution in [3.63, 3.8) is 0 Å². The molecule has 80 valence electrons. The number of carbonyl (C=O) groups is 2. The van der Waals surface area contributed by atoms with Crippen LogP contribution in [-0.2, 0) is 4.79 Å². The van der Waals surface area contributed by atoms with Crippen molar-refractivity contribution < 1.29 is 9.59 Å². The van der Waals surface area contributed by atoms with E-state index in [1.165, 1.54) is 6.92 Å². The van der Waals surface area contributed by atoms with Gasteiger partial charge in [-0.1, -0.05) is 6.92 Å². The average Bonchev–Trinajstić information content (AvgIpc) is 2.78. The number of carbonyl (C=O) groups excluding carboxylic acids is 2. The first-order valence-corrected chi connectivity index (χ1v) is 5.17. The maximum Gasteiger partial charge on any atom is 0.321 e. The fourth-order valence-electron chi connectivity index (χ4n) is 1.16. The molecule has 0 bridgehead atoms. The highest BCUT2D eigenvalue weighted by atomic mass is 35.5. The van der Waals surface area contributed by atoms with Gasteiger partial charge in [0.1, 0.15) is 5.38 Å². The van der Waals surface area contributed by atoms with Gasteiger partial charge < -0.3 is 5.32 Å². The molecule has 1 rings (SSSR count). The molecule has 3 amide bonds. The predicted molar refractivity (Wildman–Crippen MR) is 54.1 cm³/mol. The van der Waals surface area contributed by atoms with E-state index in [1.54, 1.807) is 0 Å². The van der Waals surface area contributed by atoms with Gasteiger partial charge in [-0.05, 0) is 25.2 Å². The Bertz CT molecular complexity index is 243. The molecule has 0 aromatic heterocycles. The molecular formula is C9H15ClN2O2. The lowest BCUT2D eigenvalue weighted by atomic mass is 10.3. The van der Waals surface area contributed by atoms with Crippen LogP contribution in [0.1, 0.15) is 20.3 Å². The van der Waals surface area contributed by atoms with Gasteiger partial charge in [-0.2, -0.15) is 0 Å². The van der Waals surface area contributed by atoms with Crippen molar-refractivity contribution in [2.45, 2.75) is 25.6 Å². The standard InChI is InChI=1S/C9H15ClN2O2/c1-5-3-7(5)4-11-9(14)12-8(13)6(2)10/h5-7H,3-4H2,1-2H3,(H2,11,12,13,14). The molecular weight excluding hydrogens is 204 g/mol. The first-order chi connectivity index (χ1) is 6.50. The van der Waals surface area contributed by atoms with E-state index in [-0.39, 0.29) is 0 Å². The van der Waals surface area contributed by atoms with Gasteiger partial charge >= 0.3 is 6.03 Å². The zero-order valence-corrected chi connectivity index (χ0v) is 9.10. The third-order valence-electron chi connectivity index (χ3n) is 2.40. The summed E-state index contributed by atoms with van der Waals surface area (Å²) in [5.74, 6) is 0.801. The Labute approximate surface area is 88.4 Å². The Kier molecular flexibility index (Phi) is 3.75. The fourth-order valence-corrected chi connectivity index (χ4v) is 1.22. The van der Waals surface area contributed by atoms with E-state index in [9.17, 15) is 9.59 Å². The van der Waals surface area contributed by atoms with Crippen LogP contribution in [0.25, 0.3) is 0 Å². The molecule has 0 radical (unpaired) electrons. The van der Waals surface area contributed by atoms with E-state index >= 15 is 0 Å². The van der Waals surface area contributed by atoms with Crippen LogP contribution in [0.15, 0.2) is 0 Å². The van der Waals surface area contributed by atoms with E-state index in [0.717, 1.165) is 6.42 Å². The van der Waals surface area contributed by atoms with Gasteiger partial charge in [0.2, 0.25) is 5.91 Å². The summed E-state index contributed by atoms with van der Waals surface area (Å²) in [5.41, 5.74) is 0. The van der Waals surface area contributed by atoms with Crippen LogP contribution in [0.2, 0.25) is 0 Å². The molecule has 0 aromatic rings. The second-order valence-corrected chi connectivity index (χ2v) is 4.44. The predicted octanol–water partition coefficient (Wildman–Crippen LogP) is 1.10. The second kappa shape index (κ2) is 4.64. The van der Waals surface area contributed by atoms with Crippen molar-refractivity contribution in [3.8, 4) is 0 Å². The minimum absolute atomic E-state index is 0.457. The monoisotopic (exact) mass is 218 g/mol. The Balaban J connectivity index is 2.12. The molecule has 0 aliphatic heterocycles. The summed E-state index contributed by atoms with van der Waals surface area (Å²) in [6.45, 7) is 4.29. The summed E-state index contributed by atoms with van der Waals surface area (Å²) in [6.07, 6.45) is 1.15. The van der Waals surface area contributed by atoms with Crippen molar-refractivity contribution >= 4 is 23.5 Å². The molecule has 14 heavy (non-hydrogen) atoms. The van der Waals surface area contributed by atoms with Crippen LogP contribution in [0, 0.1) is 11.8 Å². The maximum absolute atomic E-state index is 11.1.